The molecule has 0 atom stereocenters. The van der Waals surface area contributed by atoms with Gasteiger partial charge in [-0.05, 0) is 13.8 Å². The highest BCUT2D eigenvalue weighted by Gasteiger charge is 1.99. The van der Waals surface area contributed by atoms with Gasteiger partial charge in [-0.2, -0.15) is 0 Å². The molecule has 0 radical (unpaired) electrons. The summed E-state index contributed by atoms with van der Waals surface area (Å²) < 4.78 is 5.27. The van der Waals surface area contributed by atoms with Crippen LogP contribution in [0.2, 0.25) is 0 Å². The second-order valence-electron chi connectivity index (χ2n) is 2.73. The molecule has 0 saturated heterocycles. The lowest BCUT2D eigenvalue weighted by atomic mass is 10.5. The Bertz CT molecular complexity index is 125. The minimum Gasteiger partial charge on any atom is -0.377 e. The first-order valence-electron chi connectivity index (χ1n) is 3.70. The summed E-state index contributed by atoms with van der Waals surface area (Å²) in [6.07, 6.45) is 0.246. The predicted molar refractivity (Wildman–Crippen MR) is 45.6 cm³/mol. The first-order chi connectivity index (χ1) is 5.04. The Hall–Kier alpha value is -0.770. The van der Waals surface area contributed by atoms with Gasteiger partial charge in [0.2, 0.25) is 0 Å². The van der Waals surface area contributed by atoms with E-state index in [-0.39, 0.29) is 12.1 Å². The first kappa shape index (κ1) is 10.2. The van der Waals surface area contributed by atoms with E-state index in [2.05, 4.69) is 0 Å². The van der Waals surface area contributed by atoms with Crippen LogP contribution in [-0.2, 0) is 4.74 Å². The standard InChI is InChI=1S/C7H17N3O/c1-6(2)11-5-4-10(3)7(8)9/h6H,4-5H2,1-3H3,(H3,8,9). The van der Waals surface area contributed by atoms with Crippen LogP contribution >= 0.6 is 0 Å². The van der Waals surface area contributed by atoms with Gasteiger partial charge in [0, 0.05) is 13.6 Å². The molecule has 0 amide bonds. The maximum Gasteiger partial charge on any atom is 0.188 e. The van der Waals surface area contributed by atoms with E-state index in [1.54, 1.807) is 11.9 Å². The third kappa shape index (κ3) is 5.66. The zero-order valence-electron chi connectivity index (χ0n) is 7.42. The smallest absolute Gasteiger partial charge is 0.188 e. The minimum atomic E-state index is 0.0809. The highest BCUT2D eigenvalue weighted by molar-refractivity contribution is 5.74. The zero-order valence-corrected chi connectivity index (χ0v) is 7.42. The molecule has 11 heavy (non-hydrogen) atoms. The van der Waals surface area contributed by atoms with Crippen LogP contribution in [-0.4, -0.2) is 37.2 Å². The molecule has 0 rings (SSSR count). The number of ether oxygens (including phenoxy) is 1. The van der Waals surface area contributed by atoms with Crippen molar-refractivity contribution < 1.29 is 4.74 Å². The van der Waals surface area contributed by atoms with Gasteiger partial charge < -0.3 is 15.4 Å². The molecule has 0 aromatic carbocycles. The summed E-state index contributed by atoms with van der Waals surface area (Å²) >= 11 is 0. The lowest BCUT2D eigenvalue weighted by Gasteiger charge is -2.17. The van der Waals surface area contributed by atoms with Gasteiger partial charge >= 0.3 is 0 Å². The molecule has 0 fully saturated rings. The number of nitrogens with two attached hydrogens (primary N) is 1. The van der Waals surface area contributed by atoms with Crippen molar-refractivity contribution in [3.8, 4) is 0 Å². The fraction of sp³-hybridized carbons (Fsp3) is 0.857. The van der Waals surface area contributed by atoms with E-state index in [1.165, 1.54) is 0 Å². The predicted octanol–water partition coefficient (Wildman–Crippen LogP) is 0.237. The molecule has 0 heterocycles. The minimum absolute atomic E-state index is 0.0809. The Labute approximate surface area is 67.8 Å². The van der Waals surface area contributed by atoms with Crippen molar-refractivity contribution in [3.05, 3.63) is 0 Å². The summed E-state index contributed by atoms with van der Waals surface area (Å²) in [5.74, 6) is 0.0809. The molecule has 0 bridgehead atoms. The van der Waals surface area contributed by atoms with Crippen LogP contribution in [0.15, 0.2) is 0 Å². The van der Waals surface area contributed by atoms with Crippen LogP contribution in [0.25, 0.3) is 0 Å². The quantitative estimate of drug-likeness (QED) is 0.456. The van der Waals surface area contributed by atoms with Crippen LogP contribution in [0.3, 0.4) is 0 Å². The molecule has 0 aromatic heterocycles. The molecule has 4 nitrogen and oxygen atoms in total. The number of rotatable bonds is 4. The summed E-state index contributed by atoms with van der Waals surface area (Å²) in [5.41, 5.74) is 5.21. The van der Waals surface area contributed by atoms with E-state index < -0.39 is 0 Å². The molecule has 0 aliphatic carbocycles. The maximum atomic E-state index is 7.03. The fourth-order valence-corrected chi connectivity index (χ4v) is 0.546. The van der Waals surface area contributed by atoms with Crippen LogP contribution < -0.4 is 5.73 Å². The van der Waals surface area contributed by atoms with E-state index >= 15 is 0 Å². The summed E-state index contributed by atoms with van der Waals surface area (Å²) in [5, 5.41) is 7.03. The summed E-state index contributed by atoms with van der Waals surface area (Å²) in [4.78, 5) is 1.64. The Morgan fingerprint density at radius 1 is 1.64 bits per heavy atom. The third-order valence-corrected chi connectivity index (χ3v) is 1.29. The molecule has 0 spiro atoms. The van der Waals surface area contributed by atoms with Crippen molar-refractivity contribution in [3.63, 3.8) is 0 Å². The van der Waals surface area contributed by atoms with Crippen LogP contribution in [0.5, 0.6) is 0 Å². The van der Waals surface area contributed by atoms with Gasteiger partial charge in [0.1, 0.15) is 0 Å². The molecule has 0 aliphatic rings. The van der Waals surface area contributed by atoms with Crippen molar-refractivity contribution in [2.24, 2.45) is 5.73 Å². The molecular weight excluding hydrogens is 142 g/mol. The van der Waals surface area contributed by atoms with Crippen LogP contribution in [0.1, 0.15) is 13.8 Å². The van der Waals surface area contributed by atoms with Crippen molar-refractivity contribution in [2.75, 3.05) is 20.2 Å². The summed E-state index contributed by atoms with van der Waals surface area (Å²) in [7, 11) is 1.77. The number of nitrogens with zero attached hydrogens (tertiary/aromatic N) is 1. The Morgan fingerprint density at radius 2 is 2.18 bits per heavy atom. The Morgan fingerprint density at radius 3 is 2.55 bits per heavy atom. The molecule has 4 heteroatoms. The van der Waals surface area contributed by atoms with Crippen LogP contribution in [0, 0.1) is 5.41 Å². The fourth-order valence-electron chi connectivity index (χ4n) is 0.546. The van der Waals surface area contributed by atoms with Gasteiger partial charge in [0.05, 0.1) is 12.7 Å². The molecular formula is C7H17N3O. The lowest BCUT2D eigenvalue weighted by molar-refractivity contribution is 0.0723. The molecule has 0 saturated carbocycles. The molecule has 0 unspecified atom stereocenters. The normalized spacial score (nSPS) is 10.2. The first-order valence-corrected chi connectivity index (χ1v) is 3.70. The van der Waals surface area contributed by atoms with Crippen molar-refractivity contribution in [1.29, 1.82) is 5.41 Å². The van der Waals surface area contributed by atoms with Crippen molar-refractivity contribution in [2.45, 2.75) is 20.0 Å². The number of likely N-dealkylation sites (N-methyl/N-ethyl adjacent to an activating group) is 1. The second-order valence-corrected chi connectivity index (χ2v) is 2.73. The van der Waals surface area contributed by atoms with Crippen LogP contribution in [0.4, 0.5) is 0 Å². The number of hydrogen-bond acceptors (Lipinski definition) is 2. The van der Waals surface area contributed by atoms with Crippen molar-refractivity contribution in [1.82, 2.24) is 4.90 Å². The average molecular weight is 159 g/mol. The largest absolute Gasteiger partial charge is 0.377 e. The van der Waals surface area contributed by atoms with E-state index in [0.29, 0.717) is 13.2 Å². The zero-order chi connectivity index (χ0) is 8.85. The molecule has 66 valence electrons. The van der Waals surface area contributed by atoms with Gasteiger partial charge in [-0.3, -0.25) is 5.41 Å². The maximum absolute atomic E-state index is 7.03. The second kappa shape index (κ2) is 4.96. The number of guanidine groups is 1. The Balaban J connectivity index is 3.31. The van der Waals surface area contributed by atoms with Gasteiger partial charge in [0.25, 0.3) is 0 Å². The molecule has 0 aliphatic heterocycles. The number of nitrogens with one attached hydrogen (secondary N) is 1. The van der Waals surface area contributed by atoms with E-state index in [0.717, 1.165) is 0 Å². The van der Waals surface area contributed by atoms with Gasteiger partial charge in [-0.1, -0.05) is 0 Å². The van der Waals surface area contributed by atoms with Gasteiger partial charge in [-0.25, -0.2) is 0 Å². The topological polar surface area (TPSA) is 62.3 Å². The van der Waals surface area contributed by atoms with E-state index in [9.17, 15) is 0 Å². The highest BCUT2D eigenvalue weighted by Crippen LogP contribution is 1.88. The molecule has 0 aromatic rings. The SMILES string of the molecule is CC(C)OCCN(C)C(=N)N. The lowest BCUT2D eigenvalue weighted by Crippen LogP contribution is -2.35. The monoisotopic (exact) mass is 159 g/mol. The van der Waals surface area contributed by atoms with Crippen molar-refractivity contribution >= 4 is 5.96 Å². The highest BCUT2D eigenvalue weighted by atomic mass is 16.5. The van der Waals surface area contributed by atoms with E-state index in [1.807, 2.05) is 13.8 Å². The van der Waals surface area contributed by atoms with E-state index in [4.69, 9.17) is 15.9 Å². The third-order valence-electron chi connectivity index (χ3n) is 1.29. The summed E-state index contributed by atoms with van der Waals surface area (Å²) in [6.45, 7) is 5.25. The van der Waals surface area contributed by atoms with Gasteiger partial charge in [-0.15, -0.1) is 0 Å². The molecule has 3 N–H and O–H groups in total. The van der Waals surface area contributed by atoms with Gasteiger partial charge in [0.15, 0.2) is 5.96 Å². The number of hydrogen-bond donors (Lipinski definition) is 2. The Kier molecular flexibility index (Phi) is 4.61. The average Bonchev–Trinajstić information content (AvgIpc) is 1.86. The summed E-state index contributed by atoms with van der Waals surface area (Å²) in [6, 6.07) is 0.